The predicted molar refractivity (Wildman–Crippen MR) is 91.3 cm³/mol. The van der Waals surface area contributed by atoms with Crippen molar-refractivity contribution < 1.29 is 9.59 Å². The first-order valence-electron chi connectivity index (χ1n) is 7.56. The molecule has 2 heterocycles. The van der Waals surface area contributed by atoms with E-state index in [2.05, 4.69) is 4.98 Å². The number of nitrogens with zero attached hydrogens (tertiary/aromatic N) is 2. The van der Waals surface area contributed by atoms with Crippen molar-refractivity contribution in [3.8, 4) is 0 Å². The average molecular weight is 349 g/mol. The van der Waals surface area contributed by atoms with Crippen LogP contribution in [0.15, 0.2) is 30.5 Å². The molecule has 120 valence electrons. The molecule has 0 N–H and O–H groups in total. The lowest BCUT2D eigenvalue weighted by molar-refractivity contribution is 0.0654. The number of likely N-dealkylation sites (tertiary alicyclic amines) is 1. The van der Waals surface area contributed by atoms with E-state index in [0.717, 1.165) is 5.01 Å². The van der Waals surface area contributed by atoms with Crippen molar-refractivity contribution in [3.63, 3.8) is 0 Å². The van der Waals surface area contributed by atoms with Gasteiger partial charge in [-0.3, -0.25) is 9.59 Å². The minimum atomic E-state index is -0.0246. The van der Waals surface area contributed by atoms with E-state index in [9.17, 15) is 9.59 Å². The molecule has 1 aromatic carbocycles. The summed E-state index contributed by atoms with van der Waals surface area (Å²) in [5.41, 5.74) is 0.692. The SMILES string of the molecule is Cc1ncc(C(=O)N2CCC(C(=O)c3ccc(Cl)cc3)CC2)s1. The zero-order chi connectivity index (χ0) is 16.4. The Labute approximate surface area is 144 Å². The molecule has 0 bridgehead atoms. The van der Waals surface area contributed by atoms with Gasteiger partial charge in [0.1, 0.15) is 4.88 Å². The molecule has 4 nitrogen and oxygen atoms in total. The molecular formula is C17H17ClN2O2S. The van der Waals surface area contributed by atoms with Crippen LogP contribution in [0.25, 0.3) is 0 Å². The lowest BCUT2D eigenvalue weighted by atomic mass is 9.89. The van der Waals surface area contributed by atoms with Crippen molar-refractivity contribution in [2.45, 2.75) is 19.8 Å². The van der Waals surface area contributed by atoms with Crippen LogP contribution in [0.2, 0.25) is 5.02 Å². The zero-order valence-electron chi connectivity index (χ0n) is 12.8. The van der Waals surface area contributed by atoms with Gasteiger partial charge in [-0.1, -0.05) is 11.6 Å². The van der Waals surface area contributed by atoms with Gasteiger partial charge in [0.05, 0.1) is 11.2 Å². The first-order valence-corrected chi connectivity index (χ1v) is 8.75. The van der Waals surface area contributed by atoms with E-state index in [1.54, 1.807) is 30.5 Å². The molecule has 1 amide bonds. The first kappa shape index (κ1) is 16.1. The number of halogens is 1. The van der Waals surface area contributed by atoms with E-state index in [0.29, 0.717) is 41.4 Å². The maximum Gasteiger partial charge on any atom is 0.265 e. The van der Waals surface area contributed by atoms with E-state index in [-0.39, 0.29) is 17.6 Å². The van der Waals surface area contributed by atoms with Gasteiger partial charge in [-0.2, -0.15) is 0 Å². The molecule has 6 heteroatoms. The molecule has 0 aliphatic carbocycles. The molecular weight excluding hydrogens is 332 g/mol. The Kier molecular flexibility index (Phi) is 4.78. The summed E-state index contributed by atoms with van der Waals surface area (Å²) in [7, 11) is 0. The van der Waals surface area contributed by atoms with Crippen molar-refractivity contribution in [1.29, 1.82) is 0 Å². The van der Waals surface area contributed by atoms with Crippen LogP contribution in [0.4, 0.5) is 0 Å². The van der Waals surface area contributed by atoms with Crippen molar-refractivity contribution >= 4 is 34.6 Å². The molecule has 1 fully saturated rings. The second-order valence-corrected chi connectivity index (χ2v) is 7.35. The second-order valence-electron chi connectivity index (χ2n) is 5.68. The Balaban J connectivity index is 1.61. The quantitative estimate of drug-likeness (QED) is 0.792. The average Bonchev–Trinajstić information content (AvgIpc) is 3.01. The fraction of sp³-hybridized carbons (Fsp3) is 0.353. The first-order chi connectivity index (χ1) is 11.0. The number of aryl methyl sites for hydroxylation is 1. The summed E-state index contributed by atoms with van der Waals surface area (Å²) in [6.45, 7) is 3.11. The van der Waals surface area contributed by atoms with E-state index in [1.165, 1.54) is 11.3 Å². The third-order valence-corrected chi connectivity index (χ3v) is 5.27. The Morgan fingerprint density at radius 3 is 2.43 bits per heavy atom. The third-order valence-electron chi connectivity index (χ3n) is 4.11. The van der Waals surface area contributed by atoms with E-state index in [4.69, 9.17) is 11.6 Å². The second kappa shape index (κ2) is 6.81. The standard InChI is InChI=1S/C17H17ClN2O2S/c1-11-19-10-15(23-11)17(22)20-8-6-13(7-9-20)16(21)12-2-4-14(18)5-3-12/h2-5,10,13H,6-9H2,1H3. The minimum Gasteiger partial charge on any atom is -0.338 e. The highest BCUT2D eigenvalue weighted by molar-refractivity contribution is 7.13. The van der Waals surface area contributed by atoms with Gasteiger partial charge >= 0.3 is 0 Å². The molecule has 3 rings (SSSR count). The van der Waals surface area contributed by atoms with Gasteiger partial charge in [-0.15, -0.1) is 11.3 Å². The summed E-state index contributed by atoms with van der Waals surface area (Å²) in [5.74, 6) is 0.138. The number of aromatic nitrogens is 1. The Morgan fingerprint density at radius 2 is 1.87 bits per heavy atom. The molecule has 1 aromatic heterocycles. The number of Topliss-reactive ketones (excluding diaryl/α,β-unsaturated/α-hetero) is 1. The molecule has 1 aliphatic heterocycles. The molecule has 0 saturated carbocycles. The maximum absolute atomic E-state index is 12.5. The number of hydrogen-bond donors (Lipinski definition) is 0. The van der Waals surface area contributed by atoms with Crippen LogP contribution in [-0.2, 0) is 0 Å². The van der Waals surface area contributed by atoms with E-state index in [1.807, 2.05) is 11.8 Å². The highest BCUT2D eigenvalue weighted by Gasteiger charge is 2.28. The van der Waals surface area contributed by atoms with Gasteiger partial charge < -0.3 is 4.90 Å². The monoisotopic (exact) mass is 348 g/mol. The molecule has 1 aliphatic rings. The van der Waals surface area contributed by atoms with Crippen molar-refractivity contribution in [2.75, 3.05) is 13.1 Å². The topological polar surface area (TPSA) is 50.3 Å². The van der Waals surface area contributed by atoms with Crippen LogP contribution in [0.1, 0.15) is 37.9 Å². The number of piperidine rings is 1. The summed E-state index contributed by atoms with van der Waals surface area (Å²) in [4.78, 5) is 31.5. The van der Waals surface area contributed by atoms with Crippen molar-refractivity contribution in [1.82, 2.24) is 9.88 Å². The number of carbonyl (C=O) groups excluding carboxylic acids is 2. The van der Waals surface area contributed by atoms with Crippen molar-refractivity contribution in [2.24, 2.45) is 5.92 Å². The smallest absolute Gasteiger partial charge is 0.265 e. The van der Waals surface area contributed by atoms with Crippen LogP contribution < -0.4 is 0 Å². The number of rotatable bonds is 3. The van der Waals surface area contributed by atoms with Crippen LogP contribution in [-0.4, -0.2) is 34.7 Å². The molecule has 23 heavy (non-hydrogen) atoms. The zero-order valence-corrected chi connectivity index (χ0v) is 14.4. The Hall–Kier alpha value is -1.72. The molecule has 0 atom stereocenters. The van der Waals surface area contributed by atoms with Gasteiger partial charge in [-0.05, 0) is 44.0 Å². The summed E-state index contributed by atoms with van der Waals surface area (Å²) < 4.78 is 0. The van der Waals surface area contributed by atoms with Crippen LogP contribution in [0, 0.1) is 12.8 Å². The lowest BCUT2D eigenvalue weighted by Crippen LogP contribution is -2.40. The predicted octanol–water partition coefficient (Wildman–Crippen LogP) is 3.84. The fourth-order valence-corrected chi connectivity index (χ4v) is 3.68. The molecule has 0 unspecified atom stereocenters. The Morgan fingerprint density at radius 1 is 1.22 bits per heavy atom. The normalized spacial score (nSPS) is 15.7. The van der Waals surface area contributed by atoms with Gasteiger partial charge in [0.15, 0.2) is 5.78 Å². The number of benzene rings is 1. The minimum absolute atomic E-state index is 0.0213. The highest BCUT2D eigenvalue weighted by atomic mass is 35.5. The van der Waals surface area contributed by atoms with E-state index < -0.39 is 0 Å². The largest absolute Gasteiger partial charge is 0.338 e. The van der Waals surface area contributed by atoms with Gasteiger partial charge in [0, 0.05) is 29.6 Å². The molecule has 0 spiro atoms. The maximum atomic E-state index is 12.5. The summed E-state index contributed by atoms with van der Waals surface area (Å²) in [6, 6.07) is 7.00. The van der Waals surface area contributed by atoms with Crippen molar-refractivity contribution in [3.05, 3.63) is 50.9 Å². The summed E-state index contributed by atoms with van der Waals surface area (Å²) >= 11 is 7.27. The van der Waals surface area contributed by atoms with Crippen LogP contribution in [0.5, 0.6) is 0 Å². The van der Waals surface area contributed by atoms with Gasteiger partial charge in [0.2, 0.25) is 0 Å². The third kappa shape index (κ3) is 3.62. The number of amides is 1. The van der Waals surface area contributed by atoms with E-state index >= 15 is 0 Å². The van der Waals surface area contributed by atoms with Crippen LogP contribution in [0.3, 0.4) is 0 Å². The lowest BCUT2D eigenvalue weighted by Gasteiger charge is -2.31. The fourth-order valence-electron chi connectivity index (χ4n) is 2.81. The summed E-state index contributed by atoms with van der Waals surface area (Å²) in [6.07, 6.45) is 3.03. The number of hydrogen-bond acceptors (Lipinski definition) is 4. The summed E-state index contributed by atoms with van der Waals surface area (Å²) in [5, 5.41) is 1.52. The van der Waals surface area contributed by atoms with Gasteiger partial charge in [-0.25, -0.2) is 4.98 Å². The number of ketones is 1. The molecule has 2 aromatic rings. The Bertz CT molecular complexity index is 718. The van der Waals surface area contributed by atoms with Gasteiger partial charge in [0.25, 0.3) is 5.91 Å². The number of thiazole rings is 1. The van der Waals surface area contributed by atoms with Crippen LogP contribution >= 0.6 is 22.9 Å². The molecule has 0 radical (unpaired) electrons. The highest BCUT2D eigenvalue weighted by Crippen LogP contribution is 2.24. The molecule has 1 saturated heterocycles. The number of carbonyl (C=O) groups is 2.